The van der Waals surface area contributed by atoms with Crippen LogP contribution in [-0.4, -0.2) is 39.2 Å². The van der Waals surface area contributed by atoms with E-state index < -0.39 is 5.97 Å². The third kappa shape index (κ3) is 5.28. The number of amides is 1. The van der Waals surface area contributed by atoms with Crippen molar-refractivity contribution in [3.05, 3.63) is 59.7 Å². The smallest absolute Gasteiger partial charge is 0.337 e. The average Bonchev–Trinajstić information content (AvgIpc) is 2.70. The minimum Gasteiger partial charge on any atom is -0.493 e. The van der Waals surface area contributed by atoms with Crippen LogP contribution in [0.25, 0.3) is 0 Å². The van der Waals surface area contributed by atoms with Crippen LogP contribution in [0.1, 0.15) is 20.7 Å². The number of nitrogens with one attached hydrogen (secondary N) is 1. The van der Waals surface area contributed by atoms with Crippen LogP contribution in [0.5, 0.6) is 11.5 Å². The highest BCUT2D eigenvalue weighted by molar-refractivity contribution is 5.96. The van der Waals surface area contributed by atoms with Crippen molar-refractivity contribution in [1.82, 2.24) is 5.32 Å². The van der Waals surface area contributed by atoms with Crippen LogP contribution in [0.15, 0.2) is 48.5 Å². The molecule has 0 aliphatic rings. The summed E-state index contributed by atoms with van der Waals surface area (Å²) < 4.78 is 15.3. The van der Waals surface area contributed by atoms with Crippen molar-refractivity contribution in [2.45, 2.75) is 0 Å². The summed E-state index contributed by atoms with van der Waals surface area (Å²) in [6, 6.07) is 13.5. The number of carbonyl (C=O) groups excluding carboxylic acids is 2. The number of para-hydroxylation sites is 2. The lowest BCUT2D eigenvalue weighted by molar-refractivity contribution is 0.0600. The van der Waals surface area contributed by atoms with E-state index in [0.29, 0.717) is 22.6 Å². The minimum absolute atomic E-state index is 0.185. The second kappa shape index (κ2) is 9.74. The maximum Gasteiger partial charge on any atom is 0.337 e. The average molecular weight is 353 g/mol. The Balaban J connectivity index is 1.78. The second-order valence-corrected chi connectivity index (χ2v) is 5.04. The Bertz CT molecular complexity index is 818. The fourth-order valence-corrected chi connectivity index (χ4v) is 2.07. The first kappa shape index (κ1) is 18.9. The molecule has 0 saturated carbocycles. The summed E-state index contributed by atoms with van der Waals surface area (Å²) in [5, 5.41) is 2.67. The molecule has 0 spiro atoms. The molecule has 0 unspecified atom stereocenters. The van der Waals surface area contributed by atoms with E-state index in [4.69, 9.17) is 9.47 Å². The van der Waals surface area contributed by atoms with E-state index in [1.54, 1.807) is 31.4 Å². The standard InChI is InChI=1S/C20H19NO5/c1-24-17-7-3-4-8-18(17)26-14-6-5-13-21-19(22)15-9-11-16(12-10-15)20(23)25-2/h3-4,7-12H,13-14H2,1-2H3,(H,21,22). The minimum atomic E-state index is -0.446. The van der Waals surface area contributed by atoms with Crippen molar-refractivity contribution in [3.8, 4) is 23.3 Å². The van der Waals surface area contributed by atoms with Gasteiger partial charge < -0.3 is 19.5 Å². The van der Waals surface area contributed by atoms with Crippen LogP contribution in [0.4, 0.5) is 0 Å². The third-order valence-corrected chi connectivity index (χ3v) is 3.40. The first-order valence-corrected chi connectivity index (χ1v) is 7.84. The van der Waals surface area contributed by atoms with Gasteiger partial charge >= 0.3 is 5.97 Å². The van der Waals surface area contributed by atoms with E-state index >= 15 is 0 Å². The lowest BCUT2D eigenvalue weighted by atomic mass is 10.1. The molecule has 0 saturated heterocycles. The summed E-state index contributed by atoms with van der Waals surface area (Å²) in [6.07, 6.45) is 0. The molecule has 1 amide bonds. The van der Waals surface area contributed by atoms with Crippen molar-refractivity contribution in [2.75, 3.05) is 27.4 Å². The zero-order valence-corrected chi connectivity index (χ0v) is 14.6. The Morgan fingerprint density at radius 3 is 2.23 bits per heavy atom. The van der Waals surface area contributed by atoms with Gasteiger partial charge in [-0.25, -0.2) is 4.79 Å². The number of rotatable bonds is 6. The summed E-state index contributed by atoms with van der Waals surface area (Å²) in [7, 11) is 2.88. The number of ether oxygens (including phenoxy) is 3. The molecule has 0 aliphatic carbocycles. The van der Waals surface area contributed by atoms with E-state index in [1.807, 2.05) is 12.1 Å². The molecule has 0 aliphatic heterocycles. The van der Waals surface area contributed by atoms with Gasteiger partial charge in [0.25, 0.3) is 5.91 Å². The van der Waals surface area contributed by atoms with Crippen molar-refractivity contribution in [1.29, 1.82) is 0 Å². The van der Waals surface area contributed by atoms with E-state index in [9.17, 15) is 9.59 Å². The van der Waals surface area contributed by atoms with Gasteiger partial charge in [0, 0.05) is 5.56 Å². The summed E-state index contributed by atoms with van der Waals surface area (Å²) in [4.78, 5) is 23.3. The summed E-state index contributed by atoms with van der Waals surface area (Å²) in [5.41, 5.74) is 0.821. The van der Waals surface area contributed by atoms with Gasteiger partial charge in [0.05, 0.1) is 26.3 Å². The SMILES string of the molecule is COC(=O)c1ccc(C(=O)NCC#CCOc2ccccc2OC)cc1. The van der Waals surface area contributed by atoms with Crippen molar-refractivity contribution in [2.24, 2.45) is 0 Å². The molecule has 6 heteroatoms. The largest absolute Gasteiger partial charge is 0.493 e. The van der Waals surface area contributed by atoms with Gasteiger partial charge in [-0.15, -0.1) is 0 Å². The molecule has 0 aromatic heterocycles. The number of hydrogen-bond acceptors (Lipinski definition) is 5. The molecule has 1 N–H and O–H groups in total. The Morgan fingerprint density at radius 1 is 0.923 bits per heavy atom. The summed E-state index contributed by atoms with van der Waals surface area (Å²) in [6.45, 7) is 0.372. The maximum atomic E-state index is 12.0. The van der Waals surface area contributed by atoms with Gasteiger partial charge in [0.15, 0.2) is 11.5 Å². The van der Waals surface area contributed by atoms with E-state index in [2.05, 4.69) is 21.9 Å². The topological polar surface area (TPSA) is 73.9 Å². The number of hydrogen-bond donors (Lipinski definition) is 1. The van der Waals surface area contributed by atoms with Crippen LogP contribution < -0.4 is 14.8 Å². The molecule has 2 rings (SSSR count). The molecule has 2 aromatic rings. The zero-order valence-electron chi connectivity index (χ0n) is 14.6. The van der Waals surface area contributed by atoms with Gasteiger partial charge in [-0.2, -0.15) is 0 Å². The Hall–Kier alpha value is -3.46. The number of methoxy groups -OCH3 is 2. The Morgan fingerprint density at radius 2 is 1.58 bits per heavy atom. The molecule has 6 nitrogen and oxygen atoms in total. The van der Waals surface area contributed by atoms with E-state index in [1.165, 1.54) is 19.2 Å². The van der Waals surface area contributed by atoms with Crippen LogP contribution in [0, 0.1) is 11.8 Å². The van der Waals surface area contributed by atoms with E-state index in [-0.39, 0.29) is 19.1 Å². The van der Waals surface area contributed by atoms with Crippen molar-refractivity contribution in [3.63, 3.8) is 0 Å². The number of benzene rings is 2. The second-order valence-electron chi connectivity index (χ2n) is 5.04. The molecular formula is C20H19NO5. The van der Waals surface area contributed by atoms with Crippen LogP contribution in [-0.2, 0) is 4.74 Å². The highest BCUT2D eigenvalue weighted by Crippen LogP contribution is 2.25. The number of esters is 1. The van der Waals surface area contributed by atoms with Gasteiger partial charge in [0.1, 0.15) is 6.61 Å². The first-order chi connectivity index (χ1) is 12.7. The fourth-order valence-electron chi connectivity index (χ4n) is 2.07. The fraction of sp³-hybridized carbons (Fsp3) is 0.200. The molecule has 0 bridgehead atoms. The molecular weight excluding hydrogens is 334 g/mol. The predicted molar refractivity (Wildman–Crippen MR) is 96.4 cm³/mol. The molecule has 0 atom stereocenters. The van der Waals surface area contributed by atoms with Crippen molar-refractivity contribution >= 4 is 11.9 Å². The van der Waals surface area contributed by atoms with Gasteiger partial charge in [0.2, 0.25) is 0 Å². The number of carbonyl (C=O) groups is 2. The maximum absolute atomic E-state index is 12.0. The first-order valence-electron chi connectivity index (χ1n) is 7.84. The van der Waals surface area contributed by atoms with Crippen LogP contribution in [0.3, 0.4) is 0 Å². The van der Waals surface area contributed by atoms with Crippen LogP contribution in [0.2, 0.25) is 0 Å². The van der Waals surface area contributed by atoms with Gasteiger partial charge in [-0.1, -0.05) is 24.0 Å². The van der Waals surface area contributed by atoms with Crippen LogP contribution >= 0.6 is 0 Å². The Labute approximate surface area is 152 Å². The Kier molecular flexibility index (Phi) is 7.07. The monoisotopic (exact) mass is 353 g/mol. The molecule has 26 heavy (non-hydrogen) atoms. The molecule has 0 heterocycles. The molecule has 134 valence electrons. The van der Waals surface area contributed by atoms with Gasteiger partial charge in [-0.05, 0) is 36.4 Å². The predicted octanol–water partition coefficient (Wildman–Crippen LogP) is 2.29. The normalized spacial score (nSPS) is 9.46. The zero-order chi connectivity index (χ0) is 18.8. The lowest BCUT2D eigenvalue weighted by Crippen LogP contribution is -2.23. The highest BCUT2D eigenvalue weighted by atomic mass is 16.5. The highest BCUT2D eigenvalue weighted by Gasteiger charge is 2.08. The molecule has 2 aromatic carbocycles. The third-order valence-electron chi connectivity index (χ3n) is 3.40. The summed E-state index contributed by atoms with van der Waals surface area (Å²) in [5.74, 6) is 6.15. The molecule has 0 fully saturated rings. The summed E-state index contributed by atoms with van der Waals surface area (Å²) >= 11 is 0. The van der Waals surface area contributed by atoms with Crippen molar-refractivity contribution < 1.29 is 23.8 Å². The molecule has 0 radical (unpaired) electrons. The van der Waals surface area contributed by atoms with E-state index in [0.717, 1.165) is 0 Å². The van der Waals surface area contributed by atoms with Gasteiger partial charge in [-0.3, -0.25) is 4.79 Å². The quantitative estimate of drug-likeness (QED) is 0.637. The lowest BCUT2D eigenvalue weighted by Gasteiger charge is -2.07.